The minimum atomic E-state index is 0.325. The summed E-state index contributed by atoms with van der Waals surface area (Å²) in [7, 11) is 4.19. The molecule has 0 unspecified atom stereocenters. The van der Waals surface area contributed by atoms with Crippen molar-refractivity contribution < 1.29 is 4.79 Å². The Labute approximate surface area is 163 Å². The number of carbonyl (C=O) groups is 1. The van der Waals surface area contributed by atoms with Crippen LogP contribution in [0.2, 0.25) is 0 Å². The summed E-state index contributed by atoms with van der Waals surface area (Å²) in [6.45, 7) is 4.05. The molecule has 3 atom stereocenters. The number of carbonyl (C=O) groups excluding carboxylic acids is 1. The van der Waals surface area contributed by atoms with Gasteiger partial charge < -0.3 is 4.90 Å². The maximum atomic E-state index is 12.0. The van der Waals surface area contributed by atoms with Gasteiger partial charge in [0.05, 0.1) is 0 Å². The lowest BCUT2D eigenvalue weighted by Gasteiger charge is -2.31. The van der Waals surface area contributed by atoms with Gasteiger partial charge in [0.1, 0.15) is 0 Å². The number of likely N-dealkylation sites (tertiary alicyclic amines) is 1. The maximum Gasteiger partial charge on any atom is 0.222 e. The lowest BCUT2D eigenvalue weighted by atomic mass is 9.88. The Kier molecular flexibility index (Phi) is 5.05. The Morgan fingerprint density at radius 1 is 1.04 bits per heavy atom. The molecule has 0 aromatic heterocycles. The molecule has 3 nitrogen and oxygen atoms in total. The van der Waals surface area contributed by atoms with Crippen LogP contribution >= 0.6 is 0 Å². The molecular formula is C24H30N2O. The molecule has 4 rings (SSSR count). The number of rotatable bonds is 4. The molecule has 0 N–H and O–H groups in total. The van der Waals surface area contributed by atoms with E-state index in [-0.39, 0.29) is 0 Å². The van der Waals surface area contributed by atoms with Crippen molar-refractivity contribution in [2.45, 2.75) is 38.8 Å². The molecule has 3 heteroatoms. The topological polar surface area (TPSA) is 23.6 Å². The molecule has 1 saturated carbocycles. The van der Waals surface area contributed by atoms with Crippen molar-refractivity contribution in [3.8, 4) is 11.1 Å². The molecule has 142 valence electrons. The molecule has 1 aliphatic carbocycles. The van der Waals surface area contributed by atoms with E-state index < -0.39 is 0 Å². The lowest BCUT2D eigenvalue weighted by molar-refractivity contribution is -0.134. The third-order valence-corrected chi connectivity index (χ3v) is 6.55. The molecule has 2 aliphatic rings. The summed E-state index contributed by atoms with van der Waals surface area (Å²) in [5.74, 6) is 1.60. The van der Waals surface area contributed by atoms with E-state index in [1.165, 1.54) is 35.1 Å². The first kappa shape index (κ1) is 18.2. The van der Waals surface area contributed by atoms with Gasteiger partial charge in [0.2, 0.25) is 5.91 Å². The van der Waals surface area contributed by atoms with E-state index in [1.807, 2.05) is 11.9 Å². The summed E-state index contributed by atoms with van der Waals surface area (Å²) in [6, 6.07) is 18.2. The van der Waals surface area contributed by atoms with Crippen LogP contribution in [0.3, 0.4) is 0 Å². The standard InChI is InChI=1S/C24H30N2O/c1-17-5-4-6-20(11-17)19-9-7-18(8-10-19)15-25(2)23-12-21-14-24(27)26(3)16-22(21)13-23/h4-11,21-23H,12-16H2,1-3H3/t21-,22+,23-/m1/s1. The first-order chi connectivity index (χ1) is 13.0. The van der Waals surface area contributed by atoms with E-state index >= 15 is 0 Å². The van der Waals surface area contributed by atoms with E-state index in [1.54, 1.807) is 0 Å². The number of benzene rings is 2. The molecule has 1 amide bonds. The largest absolute Gasteiger partial charge is 0.345 e. The summed E-state index contributed by atoms with van der Waals surface area (Å²) in [6.07, 6.45) is 3.14. The molecule has 2 aromatic rings. The zero-order valence-electron chi connectivity index (χ0n) is 16.7. The Hall–Kier alpha value is -2.13. The van der Waals surface area contributed by atoms with E-state index in [0.29, 0.717) is 23.8 Å². The van der Waals surface area contributed by atoms with Gasteiger partial charge in [-0.15, -0.1) is 0 Å². The molecule has 1 saturated heterocycles. The summed E-state index contributed by atoms with van der Waals surface area (Å²) in [5.41, 5.74) is 5.21. The van der Waals surface area contributed by atoms with Crippen LogP contribution in [0.1, 0.15) is 30.4 Å². The average Bonchev–Trinajstić information content (AvgIpc) is 3.05. The minimum absolute atomic E-state index is 0.325. The van der Waals surface area contributed by atoms with Crippen LogP contribution < -0.4 is 0 Å². The fraction of sp³-hybridized carbons (Fsp3) is 0.458. The molecule has 0 radical (unpaired) electrons. The number of hydrogen-bond donors (Lipinski definition) is 0. The van der Waals surface area contributed by atoms with E-state index in [2.05, 4.69) is 67.4 Å². The molecule has 0 spiro atoms. The van der Waals surface area contributed by atoms with Gasteiger partial charge in [-0.2, -0.15) is 0 Å². The Morgan fingerprint density at radius 2 is 1.78 bits per heavy atom. The minimum Gasteiger partial charge on any atom is -0.345 e. The smallest absolute Gasteiger partial charge is 0.222 e. The molecular weight excluding hydrogens is 332 g/mol. The second-order valence-electron chi connectivity index (χ2n) is 8.61. The van der Waals surface area contributed by atoms with Crippen LogP contribution in [-0.4, -0.2) is 42.4 Å². The van der Waals surface area contributed by atoms with Crippen molar-refractivity contribution in [2.75, 3.05) is 20.6 Å². The highest BCUT2D eigenvalue weighted by molar-refractivity contribution is 5.77. The Bertz CT molecular complexity index is 813. The zero-order chi connectivity index (χ0) is 19.0. The van der Waals surface area contributed by atoms with Gasteiger partial charge in [-0.1, -0.05) is 54.1 Å². The van der Waals surface area contributed by atoms with E-state index in [9.17, 15) is 4.79 Å². The Balaban J connectivity index is 1.39. The highest BCUT2D eigenvalue weighted by Crippen LogP contribution is 2.40. The normalized spacial score (nSPS) is 25.1. The van der Waals surface area contributed by atoms with Gasteiger partial charge >= 0.3 is 0 Å². The van der Waals surface area contributed by atoms with Gasteiger partial charge in [-0.25, -0.2) is 0 Å². The van der Waals surface area contributed by atoms with Crippen LogP contribution in [-0.2, 0) is 11.3 Å². The van der Waals surface area contributed by atoms with Crippen LogP contribution in [0.25, 0.3) is 11.1 Å². The number of hydrogen-bond acceptors (Lipinski definition) is 2. The first-order valence-corrected chi connectivity index (χ1v) is 10.1. The highest BCUT2D eigenvalue weighted by atomic mass is 16.2. The first-order valence-electron chi connectivity index (χ1n) is 10.1. The van der Waals surface area contributed by atoms with Crippen molar-refractivity contribution in [1.29, 1.82) is 0 Å². The van der Waals surface area contributed by atoms with Crippen LogP contribution in [0.15, 0.2) is 48.5 Å². The molecule has 2 aromatic carbocycles. The fourth-order valence-electron chi connectivity index (χ4n) is 4.89. The van der Waals surface area contributed by atoms with Crippen molar-refractivity contribution in [3.05, 3.63) is 59.7 Å². The van der Waals surface area contributed by atoms with Gasteiger partial charge in [0, 0.05) is 32.6 Å². The summed E-state index contributed by atoms with van der Waals surface area (Å²) in [4.78, 5) is 16.4. The van der Waals surface area contributed by atoms with Gasteiger partial charge in [0.25, 0.3) is 0 Å². The SMILES string of the molecule is Cc1cccc(-c2ccc(CN(C)[C@@H]3C[C@@H]4CC(=O)N(C)C[C@@H]4C3)cc2)c1. The predicted molar refractivity (Wildman–Crippen MR) is 110 cm³/mol. The van der Waals surface area contributed by atoms with Crippen LogP contribution in [0, 0.1) is 18.8 Å². The number of nitrogens with zero attached hydrogens (tertiary/aromatic N) is 2. The van der Waals surface area contributed by atoms with E-state index in [4.69, 9.17) is 0 Å². The van der Waals surface area contributed by atoms with Gasteiger partial charge in [0.15, 0.2) is 0 Å². The monoisotopic (exact) mass is 362 g/mol. The molecule has 0 bridgehead atoms. The van der Waals surface area contributed by atoms with Crippen LogP contribution in [0.4, 0.5) is 0 Å². The fourth-order valence-corrected chi connectivity index (χ4v) is 4.89. The second-order valence-corrected chi connectivity index (χ2v) is 8.61. The third-order valence-electron chi connectivity index (χ3n) is 6.55. The summed E-state index contributed by atoms with van der Waals surface area (Å²) < 4.78 is 0. The molecule has 1 heterocycles. The number of aryl methyl sites for hydroxylation is 1. The van der Waals surface area contributed by atoms with E-state index in [0.717, 1.165) is 19.5 Å². The average molecular weight is 363 g/mol. The quantitative estimate of drug-likeness (QED) is 0.807. The predicted octanol–water partition coefficient (Wildman–Crippen LogP) is 4.35. The number of fused-ring (bicyclic) bond motifs is 1. The van der Waals surface area contributed by atoms with Crippen molar-refractivity contribution in [1.82, 2.24) is 9.80 Å². The Morgan fingerprint density at radius 3 is 2.52 bits per heavy atom. The molecule has 1 aliphatic heterocycles. The molecule has 2 fully saturated rings. The maximum absolute atomic E-state index is 12.0. The van der Waals surface area contributed by atoms with Crippen LogP contribution in [0.5, 0.6) is 0 Å². The number of amides is 1. The van der Waals surface area contributed by atoms with Gasteiger partial charge in [-0.3, -0.25) is 9.69 Å². The van der Waals surface area contributed by atoms with Gasteiger partial charge in [-0.05, 0) is 55.3 Å². The third kappa shape index (κ3) is 3.93. The van der Waals surface area contributed by atoms with Crippen molar-refractivity contribution in [3.63, 3.8) is 0 Å². The lowest BCUT2D eigenvalue weighted by Crippen LogP contribution is -2.39. The summed E-state index contributed by atoms with van der Waals surface area (Å²) in [5, 5.41) is 0. The summed E-state index contributed by atoms with van der Waals surface area (Å²) >= 11 is 0. The van der Waals surface area contributed by atoms with Crippen molar-refractivity contribution in [2.24, 2.45) is 11.8 Å². The zero-order valence-corrected chi connectivity index (χ0v) is 16.7. The second kappa shape index (κ2) is 7.47. The molecule has 27 heavy (non-hydrogen) atoms. The number of piperidine rings is 1. The van der Waals surface area contributed by atoms with Crippen molar-refractivity contribution >= 4 is 5.91 Å². The highest BCUT2D eigenvalue weighted by Gasteiger charge is 2.41.